The molecule has 3 saturated carbocycles. The van der Waals surface area contributed by atoms with Gasteiger partial charge < -0.3 is 34.5 Å². The number of fused-ring (bicyclic) bond motifs is 10. The third kappa shape index (κ3) is 5.06. The van der Waals surface area contributed by atoms with E-state index < -0.39 is 34.9 Å². The maximum Gasteiger partial charge on any atom is 0.245 e. The summed E-state index contributed by atoms with van der Waals surface area (Å²) in [6.07, 6.45) is 8.33. The van der Waals surface area contributed by atoms with Crippen molar-refractivity contribution < 1.29 is 43.7 Å². The molecule has 0 radical (unpaired) electrons. The lowest BCUT2D eigenvalue weighted by Gasteiger charge is -2.56. The van der Waals surface area contributed by atoms with Gasteiger partial charge in [0.1, 0.15) is 24.0 Å². The number of piperazine rings is 1. The fourth-order valence-corrected chi connectivity index (χ4v) is 11.5. The minimum Gasteiger partial charge on any atom is -0.454 e. The molecule has 0 bridgehead atoms. The van der Waals surface area contributed by atoms with Crippen LogP contribution in [0.15, 0.2) is 66.3 Å². The van der Waals surface area contributed by atoms with Gasteiger partial charge in [0, 0.05) is 53.2 Å². The van der Waals surface area contributed by atoms with E-state index in [1.54, 1.807) is 24.1 Å². The number of rotatable bonds is 3. The van der Waals surface area contributed by atoms with Crippen molar-refractivity contribution in [1.82, 2.24) is 14.8 Å². The Morgan fingerprint density at radius 1 is 1.04 bits per heavy atom. The first-order valence-electron chi connectivity index (χ1n) is 19.2. The Labute approximate surface area is 318 Å². The molecule has 55 heavy (non-hydrogen) atoms. The summed E-state index contributed by atoms with van der Waals surface area (Å²) in [6, 6.07) is 12.9. The second kappa shape index (κ2) is 12.5. The highest BCUT2D eigenvalue weighted by Gasteiger charge is 2.68. The number of para-hydroxylation sites is 1. The van der Waals surface area contributed by atoms with Crippen molar-refractivity contribution in [2.45, 2.75) is 70.1 Å². The Balaban J connectivity index is 0.000000145. The Morgan fingerprint density at radius 3 is 2.62 bits per heavy atom. The minimum atomic E-state index is -1.62. The molecule has 8 atom stereocenters. The first-order valence-corrected chi connectivity index (χ1v) is 19.2. The predicted molar refractivity (Wildman–Crippen MR) is 199 cm³/mol. The average molecular weight is 748 g/mol. The van der Waals surface area contributed by atoms with Gasteiger partial charge in [0.25, 0.3) is 0 Å². The van der Waals surface area contributed by atoms with Crippen LogP contribution in [0.1, 0.15) is 68.8 Å². The van der Waals surface area contributed by atoms with E-state index >= 15 is 0 Å². The summed E-state index contributed by atoms with van der Waals surface area (Å²) in [6.45, 7) is 3.47. The number of carbonyl (C=O) groups excluding carboxylic acids is 5. The van der Waals surface area contributed by atoms with E-state index in [1.807, 2.05) is 56.3 Å². The number of hydrogen-bond donors (Lipinski definition) is 3. The number of nitrogens with one attached hydrogen (secondary N) is 1. The number of benzene rings is 2. The zero-order valence-corrected chi connectivity index (χ0v) is 31.2. The maximum atomic E-state index is 13.3. The molecule has 4 fully saturated rings. The van der Waals surface area contributed by atoms with Gasteiger partial charge >= 0.3 is 0 Å². The maximum absolute atomic E-state index is 13.3. The number of hydrogen-bond acceptors (Lipinski definition) is 9. The van der Waals surface area contributed by atoms with Crippen LogP contribution in [-0.4, -0.2) is 92.8 Å². The van der Waals surface area contributed by atoms with E-state index in [-0.39, 0.29) is 66.9 Å². The molecule has 286 valence electrons. The molecule has 4 heterocycles. The van der Waals surface area contributed by atoms with Crippen molar-refractivity contribution in [3.05, 3.63) is 83.1 Å². The average Bonchev–Trinajstić information content (AvgIpc) is 3.87. The van der Waals surface area contributed by atoms with Crippen molar-refractivity contribution in [2.75, 3.05) is 27.0 Å². The predicted octanol–water partition coefficient (Wildman–Crippen LogP) is 3.98. The van der Waals surface area contributed by atoms with Crippen molar-refractivity contribution >= 4 is 40.1 Å². The zero-order valence-electron chi connectivity index (χ0n) is 31.2. The van der Waals surface area contributed by atoms with Gasteiger partial charge in [-0.05, 0) is 79.0 Å². The molecule has 2 amide bonds. The number of aliphatic hydroxyl groups is 2. The Morgan fingerprint density at radius 2 is 1.82 bits per heavy atom. The highest BCUT2D eigenvalue weighted by molar-refractivity contribution is 6.02. The van der Waals surface area contributed by atoms with Crippen LogP contribution in [0.4, 0.5) is 0 Å². The normalized spacial score (nSPS) is 34.3. The standard InChI is InChI=1S/C22H19N3O4.C21H26O5/c1-24-10-19(26)25-16(22(24)27)9-14-13-4-2-3-5-15(13)23-20(14)21(25)12-6-7-17-18(8-12)29-11-28-17;1-19-7-5-13(23)9-12(19)3-4-14-15-6-8-21(26,17(25)11-22)20(15,2)10-16(24)18(14)19/h2-8,16,21,23H,9-11H2,1H3;5,7,9,14-15,18,22,26H,3-4,6,8,10-11H2,1-2H3/t16-,21-;14-,15-,18+,19-,20-,21-/m10/s1. The molecule has 0 unspecified atom stereocenters. The lowest BCUT2D eigenvalue weighted by atomic mass is 9.46. The van der Waals surface area contributed by atoms with Gasteiger partial charge in [-0.3, -0.25) is 24.0 Å². The van der Waals surface area contributed by atoms with Crippen molar-refractivity contribution in [3.8, 4) is 11.5 Å². The van der Waals surface area contributed by atoms with E-state index in [4.69, 9.17) is 9.47 Å². The highest BCUT2D eigenvalue weighted by Crippen LogP contribution is 2.66. The summed E-state index contributed by atoms with van der Waals surface area (Å²) in [5.41, 5.74) is 2.11. The summed E-state index contributed by atoms with van der Waals surface area (Å²) in [5, 5.41) is 21.6. The lowest BCUT2D eigenvalue weighted by molar-refractivity contribution is -0.168. The number of amides is 2. The second-order valence-corrected chi connectivity index (χ2v) is 16.8. The number of ketones is 3. The summed E-state index contributed by atoms with van der Waals surface area (Å²) in [7, 11) is 1.69. The van der Waals surface area contributed by atoms with Crippen LogP contribution in [0.3, 0.4) is 0 Å². The minimum absolute atomic E-state index is 0.0206. The summed E-state index contributed by atoms with van der Waals surface area (Å²) < 4.78 is 11.0. The molecule has 2 aromatic carbocycles. The van der Waals surface area contributed by atoms with Gasteiger partial charge in [-0.15, -0.1) is 0 Å². The SMILES string of the molecule is CN1CC(=O)N2[C@H](c3ccc4c(c3)OCO4)c3[nH]c4ccccc4c3C[C@@H]2C1=O.C[C@]12C=CC(=O)C=C1CC[C@@H]1[C@@H]2C(=O)C[C@@]2(C)[C@H]1CC[C@]2(O)C(=O)CO. The molecular weight excluding hydrogens is 702 g/mol. The van der Waals surface area contributed by atoms with Gasteiger partial charge in [-0.1, -0.05) is 49.8 Å². The third-order valence-corrected chi connectivity index (χ3v) is 14.2. The summed E-state index contributed by atoms with van der Waals surface area (Å²) in [5.74, 6) is 0.692. The number of nitrogens with zero attached hydrogens (tertiary/aromatic N) is 2. The summed E-state index contributed by atoms with van der Waals surface area (Å²) >= 11 is 0. The molecule has 12 nitrogen and oxygen atoms in total. The fourth-order valence-electron chi connectivity index (χ4n) is 11.5. The van der Waals surface area contributed by atoms with Crippen LogP contribution in [0, 0.1) is 28.6 Å². The summed E-state index contributed by atoms with van der Waals surface area (Å²) in [4.78, 5) is 70.3. The highest BCUT2D eigenvalue weighted by atomic mass is 16.7. The number of allylic oxidation sites excluding steroid dienone is 4. The van der Waals surface area contributed by atoms with Crippen molar-refractivity contribution in [2.24, 2.45) is 28.6 Å². The topological polar surface area (TPSA) is 167 Å². The number of aromatic amines is 1. The molecule has 7 aliphatic rings. The first kappa shape index (κ1) is 35.6. The fraction of sp³-hybridized carbons (Fsp3) is 0.465. The second-order valence-electron chi connectivity index (χ2n) is 16.8. The van der Waals surface area contributed by atoms with Gasteiger partial charge in [0.2, 0.25) is 18.6 Å². The third-order valence-electron chi connectivity index (χ3n) is 14.2. The van der Waals surface area contributed by atoms with Crippen LogP contribution < -0.4 is 9.47 Å². The Kier molecular flexibility index (Phi) is 8.08. The van der Waals surface area contributed by atoms with E-state index in [2.05, 4.69) is 11.1 Å². The van der Waals surface area contributed by atoms with Gasteiger partial charge in [-0.2, -0.15) is 0 Å². The smallest absolute Gasteiger partial charge is 0.245 e. The molecule has 4 aliphatic carbocycles. The van der Waals surface area contributed by atoms with Gasteiger partial charge in [0.05, 0.1) is 12.6 Å². The van der Waals surface area contributed by atoms with Gasteiger partial charge in [0.15, 0.2) is 23.1 Å². The quantitative estimate of drug-likeness (QED) is 0.360. The van der Waals surface area contributed by atoms with Crippen molar-refractivity contribution in [1.29, 1.82) is 0 Å². The van der Waals surface area contributed by atoms with E-state index in [1.165, 1.54) is 4.90 Å². The Bertz CT molecular complexity index is 2260. The lowest BCUT2D eigenvalue weighted by Crippen LogP contribution is -2.62. The van der Waals surface area contributed by atoms with Crippen LogP contribution in [-0.2, 0) is 30.4 Å². The number of aliphatic hydroxyl groups excluding tert-OH is 1. The van der Waals surface area contributed by atoms with Crippen molar-refractivity contribution in [3.63, 3.8) is 0 Å². The number of carbonyl (C=O) groups is 5. The largest absolute Gasteiger partial charge is 0.454 e. The molecule has 12 heteroatoms. The molecule has 3 aliphatic heterocycles. The van der Waals surface area contributed by atoms with Crippen LogP contribution in [0.25, 0.3) is 10.9 Å². The number of aromatic nitrogens is 1. The number of H-pyrrole nitrogens is 1. The number of Topliss-reactive ketones (excluding diaryl/α,β-unsaturated/α-hetero) is 2. The molecule has 1 aromatic heterocycles. The van der Waals surface area contributed by atoms with Gasteiger partial charge in [-0.25, -0.2) is 0 Å². The van der Waals surface area contributed by atoms with E-state index in [0.29, 0.717) is 30.8 Å². The van der Waals surface area contributed by atoms with Crippen LogP contribution in [0.5, 0.6) is 11.5 Å². The molecule has 0 spiro atoms. The zero-order chi connectivity index (χ0) is 38.6. The molecule has 3 N–H and O–H groups in total. The molecule has 10 rings (SSSR count). The van der Waals surface area contributed by atoms with Crippen LogP contribution >= 0.6 is 0 Å². The molecular formula is C43H45N3O9. The van der Waals surface area contributed by atoms with E-state index in [0.717, 1.165) is 46.1 Å². The molecule has 1 saturated heterocycles. The Hall–Kier alpha value is -5.07. The van der Waals surface area contributed by atoms with Crippen LogP contribution in [0.2, 0.25) is 0 Å². The number of likely N-dealkylation sites (N-methyl/N-ethyl adjacent to an activating group) is 1. The number of ether oxygens (including phenoxy) is 2. The monoisotopic (exact) mass is 747 g/mol. The molecule has 3 aromatic rings. The van der Waals surface area contributed by atoms with E-state index in [9.17, 15) is 34.2 Å². The first-order chi connectivity index (χ1) is 26.3.